The van der Waals surface area contributed by atoms with Crippen LogP contribution in [-0.2, 0) is 10.8 Å². The van der Waals surface area contributed by atoms with Gasteiger partial charge in [-0.05, 0) is 48.0 Å². The number of nitrogens with zero attached hydrogens (tertiary/aromatic N) is 1. The van der Waals surface area contributed by atoms with Crippen molar-refractivity contribution in [2.24, 2.45) is 0 Å². The monoisotopic (exact) mass is 419 g/mol. The van der Waals surface area contributed by atoms with Crippen LogP contribution in [0.3, 0.4) is 0 Å². The van der Waals surface area contributed by atoms with E-state index >= 15 is 0 Å². The fourth-order valence-corrected chi connectivity index (χ4v) is 5.66. The number of benzene rings is 4. The molecule has 1 aromatic heterocycles. The Morgan fingerprint density at radius 3 is 1.90 bits per heavy atom. The van der Waals surface area contributed by atoms with Gasteiger partial charge < -0.3 is 4.57 Å². The summed E-state index contributed by atoms with van der Waals surface area (Å²) in [5.41, 5.74) is 4.74. The second-order valence-electron chi connectivity index (χ2n) is 7.56. The molecule has 0 saturated carbocycles. The predicted molar refractivity (Wildman–Crippen MR) is 126 cm³/mol. The van der Waals surface area contributed by atoms with Crippen LogP contribution >= 0.6 is 0 Å². The van der Waals surface area contributed by atoms with E-state index < -0.39 is 10.8 Å². The van der Waals surface area contributed by atoms with E-state index in [1.165, 1.54) is 10.8 Å². The normalized spacial score (nSPS) is 17.0. The van der Waals surface area contributed by atoms with Crippen molar-refractivity contribution in [1.29, 1.82) is 0 Å². The number of allylic oxidation sites excluding steroid dienone is 1. The Hall–Kier alpha value is -3.76. The average molecular weight is 420 g/mol. The van der Waals surface area contributed by atoms with Crippen LogP contribution < -0.4 is 0 Å². The Labute approximate surface area is 181 Å². The second kappa shape index (κ2) is 6.89. The molecule has 1 aliphatic rings. The van der Waals surface area contributed by atoms with Gasteiger partial charge >= 0.3 is 0 Å². The van der Waals surface area contributed by atoms with Crippen LogP contribution in [0.1, 0.15) is 15.9 Å². The van der Waals surface area contributed by atoms with Gasteiger partial charge in [0.2, 0.25) is 5.78 Å². The third-order valence-corrected chi connectivity index (χ3v) is 7.24. The number of fused-ring (bicyclic) bond motifs is 4. The van der Waals surface area contributed by atoms with Gasteiger partial charge in [-0.15, -0.1) is 0 Å². The SMILES string of the molecule is O=C1/C(=C/c2ccc(-n3c4ccccc4c4ccccc43)cc2)S(=O)c2ccccc21. The molecule has 0 amide bonds. The Kier molecular flexibility index (Phi) is 4.01. The van der Waals surface area contributed by atoms with Crippen LogP contribution in [-0.4, -0.2) is 14.6 Å². The number of Topliss-reactive ketones (excluding diaryl/α,β-unsaturated/α-hetero) is 1. The first-order valence-electron chi connectivity index (χ1n) is 10.1. The van der Waals surface area contributed by atoms with Crippen LogP contribution in [0.2, 0.25) is 0 Å². The Bertz CT molecular complexity index is 1470. The number of hydrogen-bond acceptors (Lipinski definition) is 2. The van der Waals surface area contributed by atoms with Crippen molar-refractivity contribution in [2.45, 2.75) is 4.90 Å². The summed E-state index contributed by atoms with van der Waals surface area (Å²) in [6, 6.07) is 31.9. The van der Waals surface area contributed by atoms with Crippen molar-refractivity contribution in [1.82, 2.24) is 4.57 Å². The highest BCUT2D eigenvalue weighted by molar-refractivity contribution is 7.91. The highest BCUT2D eigenvalue weighted by Crippen LogP contribution is 2.33. The lowest BCUT2D eigenvalue weighted by Crippen LogP contribution is -1.97. The van der Waals surface area contributed by atoms with Crippen LogP contribution in [0.5, 0.6) is 0 Å². The summed E-state index contributed by atoms with van der Waals surface area (Å²) in [4.78, 5) is 13.6. The van der Waals surface area contributed by atoms with Gasteiger partial charge in [-0.25, -0.2) is 4.21 Å². The van der Waals surface area contributed by atoms with E-state index in [1.807, 2.05) is 30.3 Å². The largest absolute Gasteiger partial charge is 0.309 e. The second-order valence-corrected chi connectivity index (χ2v) is 8.98. The molecule has 4 heteroatoms. The van der Waals surface area contributed by atoms with Gasteiger partial charge in [0.1, 0.15) is 0 Å². The number of ketones is 1. The molecular weight excluding hydrogens is 402 g/mol. The van der Waals surface area contributed by atoms with Crippen molar-refractivity contribution in [2.75, 3.05) is 0 Å². The lowest BCUT2D eigenvalue weighted by molar-refractivity contribution is 0.104. The van der Waals surface area contributed by atoms with Gasteiger partial charge in [-0.3, -0.25) is 4.79 Å². The lowest BCUT2D eigenvalue weighted by atomic mass is 10.1. The topological polar surface area (TPSA) is 39.1 Å². The van der Waals surface area contributed by atoms with Crippen molar-refractivity contribution >= 4 is 44.5 Å². The van der Waals surface area contributed by atoms with Crippen LogP contribution in [0, 0.1) is 0 Å². The Balaban J connectivity index is 1.44. The molecule has 0 fully saturated rings. The molecule has 1 atom stereocenters. The van der Waals surface area contributed by atoms with Gasteiger partial charge in [-0.2, -0.15) is 0 Å². The third-order valence-electron chi connectivity index (χ3n) is 5.78. The highest BCUT2D eigenvalue weighted by atomic mass is 32.2. The molecular formula is C27H17NO2S. The van der Waals surface area contributed by atoms with Gasteiger partial charge in [-0.1, -0.05) is 60.7 Å². The van der Waals surface area contributed by atoms with Crippen LogP contribution in [0.4, 0.5) is 0 Å². The summed E-state index contributed by atoms with van der Waals surface area (Å²) in [5, 5.41) is 2.43. The summed E-state index contributed by atoms with van der Waals surface area (Å²) in [5.74, 6) is -0.152. The maximum Gasteiger partial charge on any atom is 0.203 e. The summed E-state index contributed by atoms with van der Waals surface area (Å²) in [6.45, 7) is 0. The smallest absolute Gasteiger partial charge is 0.203 e. The summed E-state index contributed by atoms with van der Waals surface area (Å²) < 4.78 is 15.0. The van der Waals surface area contributed by atoms with E-state index in [0.29, 0.717) is 15.4 Å². The Morgan fingerprint density at radius 2 is 1.26 bits per heavy atom. The molecule has 31 heavy (non-hydrogen) atoms. The number of carbonyl (C=O) groups excluding carboxylic acids is 1. The van der Waals surface area contributed by atoms with E-state index in [0.717, 1.165) is 22.3 Å². The maximum absolute atomic E-state index is 12.8. The zero-order valence-corrected chi connectivity index (χ0v) is 17.3. The van der Waals surface area contributed by atoms with Gasteiger partial charge in [0.05, 0.1) is 31.6 Å². The fourth-order valence-electron chi connectivity index (χ4n) is 4.34. The van der Waals surface area contributed by atoms with E-state index in [-0.39, 0.29) is 5.78 Å². The molecule has 0 aliphatic carbocycles. The first-order valence-corrected chi connectivity index (χ1v) is 11.2. The zero-order chi connectivity index (χ0) is 20.9. The highest BCUT2D eigenvalue weighted by Gasteiger charge is 2.31. The van der Waals surface area contributed by atoms with Gasteiger partial charge in [0.15, 0.2) is 0 Å². The lowest BCUT2D eigenvalue weighted by Gasteiger charge is -2.08. The van der Waals surface area contributed by atoms with Crippen LogP contribution in [0.15, 0.2) is 107 Å². The molecule has 5 aromatic rings. The zero-order valence-electron chi connectivity index (χ0n) is 16.5. The molecule has 6 rings (SSSR count). The van der Waals surface area contributed by atoms with Crippen molar-refractivity contribution in [3.63, 3.8) is 0 Å². The molecule has 4 aromatic carbocycles. The quantitative estimate of drug-likeness (QED) is 0.323. The summed E-state index contributed by atoms with van der Waals surface area (Å²) in [6.07, 6.45) is 1.74. The Morgan fingerprint density at radius 1 is 0.677 bits per heavy atom. The van der Waals surface area contributed by atoms with E-state index in [2.05, 4.69) is 53.1 Å². The minimum absolute atomic E-state index is 0.152. The molecule has 1 aliphatic heterocycles. The van der Waals surface area contributed by atoms with E-state index in [4.69, 9.17) is 0 Å². The predicted octanol–water partition coefficient (Wildman–Crippen LogP) is 6.13. The molecule has 0 saturated heterocycles. The number of carbonyl (C=O) groups is 1. The van der Waals surface area contributed by atoms with Crippen molar-refractivity contribution in [3.05, 3.63) is 113 Å². The van der Waals surface area contributed by atoms with E-state index in [9.17, 15) is 9.00 Å². The first-order chi connectivity index (χ1) is 15.2. The van der Waals surface area contributed by atoms with E-state index in [1.54, 1.807) is 24.3 Å². The number of aromatic nitrogens is 1. The summed E-state index contributed by atoms with van der Waals surface area (Å²) >= 11 is 0. The van der Waals surface area contributed by atoms with Crippen LogP contribution in [0.25, 0.3) is 33.6 Å². The fraction of sp³-hybridized carbons (Fsp3) is 0. The number of para-hydroxylation sites is 2. The average Bonchev–Trinajstić information content (AvgIpc) is 3.28. The molecule has 0 N–H and O–H groups in total. The molecule has 2 heterocycles. The van der Waals surface area contributed by atoms with Crippen molar-refractivity contribution in [3.8, 4) is 5.69 Å². The van der Waals surface area contributed by atoms with Gasteiger partial charge in [0.25, 0.3) is 0 Å². The third kappa shape index (κ3) is 2.72. The number of rotatable bonds is 2. The molecule has 0 spiro atoms. The number of hydrogen-bond donors (Lipinski definition) is 0. The minimum Gasteiger partial charge on any atom is -0.309 e. The molecule has 0 radical (unpaired) electrons. The molecule has 0 bridgehead atoms. The summed E-state index contributed by atoms with van der Waals surface area (Å²) in [7, 11) is -1.43. The first kappa shape index (κ1) is 18.0. The van der Waals surface area contributed by atoms with Gasteiger partial charge in [0, 0.05) is 22.0 Å². The van der Waals surface area contributed by atoms with Crippen molar-refractivity contribution < 1.29 is 9.00 Å². The molecule has 3 nitrogen and oxygen atoms in total. The maximum atomic E-state index is 12.8. The molecule has 1 unspecified atom stereocenters. The molecule has 148 valence electrons. The standard InChI is InChI=1S/C27H17NO2S/c29-27-22-9-3-6-12-25(22)31(30)26(27)17-18-13-15-19(16-14-18)28-23-10-4-1-7-20(23)21-8-2-5-11-24(21)28/h1-17H/b26-17-. The minimum atomic E-state index is -1.43.